The zero-order valence-electron chi connectivity index (χ0n) is 13.4. The van der Waals surface area contributed by atoms with E-state index in [-0.39, 0.29) is 0 Å². The highest BCUT2D eigenvalue weighted by Gasteiger charge is 2.36. The highest BCUT2D eigenvalue weighted by Crippen LogP contribution is 2.41. The second-order valence-corrected chi connectivity index (χ2v) is 6.49. The summed E-state index contributed by atoms with van der Waals surface area (Å²) in [5.41, 5.74) is 4.69. The van der Waals surface area contributed by atoms with Crippen molar-refractivity contribution in [2.45, 2.75) is 40.5 Å². The second-order valence-electron chi connectivity index (χ2n) is 6.49. The number of ketones is 2. The second kappa shape index (κ2) is 5.24. The van der Waals surface area contributed by atoms with Crippen molar-refractivity contribution >= 4 is 22.9 Å². The normalized spacial score (nSPS) is 16.7. The van der Waals surface area contributed by atoms with E-state index in [0.717, 1.165) is 35.1 Å². The Bertz CT molecular complexity index is 748. The Balaban J connectivity index is 2.24. The molecule has 1 aromatic rings. The lowest BCUT2D eigenvalue weighted by Gasteiger charge is -2.27. The summed E-state index contributed by atoms with van der Waals surface area (Å²) in [4.78, 5) is 24.8. The summed E-state index contributed by atoms with van der Waals surface area (Å²) >= 11 is 0. The van der Waals surface area contributed by atoms with Gasteiger partial charge in [-0.3, -0.25) is 9.59 Å². The van der Waals surface area contributed by atoms with E-state index in [4.69, 9.17) is 4.74 Å². The van der Waals surface area contributed by atoms with Crippen LogP contribution in [0.3, 0.4) is 0 Å². The standard InChI is InChI=1S/C19H20O3/c1-10(2)5-6-13-7-8-14-11(3)9-22-19-12(4)17(20)18(21)15(13)16(14)19/h7-10H,5-6H2,1-4H3. The molecule has 0 saturated carbocycles. The van der Waals surface area contributed by atoms with E-state index >= 15 is 0 Å². The fraction of sp³-hybridized carbons (Fsp3) is 0.368. The Morgan fingerprint density at radius 1 is 1.05 bits per heavy atom. The van der Waals surface area contributed by atoms with Crippen molar-refractivity contribution in [1.29, 1.82) is 0 Å². The molecule has 22 heavy (non-hydrogen) atoms. The first kappa shape index (κ1) is 14.8. The first-order valence-corrected chi connectivity index (χ1v) is 7.71. The van der Waals surface area contributed by atoms with Crippen LogP contribution in [0.2, 0.25) is 0 Å². The van der Waals surface area contributed by atoms with Gasteiger partial charge in [0.2, 0.25) is 11.6 Å². The van der Waals surface area contributed by atoms with Crippen LogP contribution in [-0.4, -0.2) is 11.6 Å². The molecule has 0 aromatic heterocycles. The van der Waals surface area contributed by atoms with Gasteiger partial charge in [-0.25, -0.2) is 0 Å². The van der Waals surface area contributed by atoms with E-state index in [0.29, 0.717) is 22.8 Å². The molecule has 0 fully saturated rings. The minimum absolute atomic E-state index is 0.393. The van der Waals surface area contributed by atoms with Crippen molar-refractivity contribution in [3.05, 3.63) is 46.2 Å². The van der Waals surface area contributed by atoms with E-state index in [1.165, 1.54) is 0 Å². The third-order valence-corrected chi connectivity index (χ3v) is 4.40. The molecular formula is C19H20O3. The third-order valence-electron chi connectivity index (χ3n) is 4.40. The van der Waals surface area contributed by atoms with Crippen molar-refractivity contribution < 1.29 is 14.3 Å². The maximum Gasteiger partial charge on any atom is 0.234 e. The Labute approximate surface area is 130 Å². The van der Waals surface area contributed by atoms with Crippen LogP contribution in [0.15, 0.2) is 24.0 Å². The summed E-state index contributed by atoms with van der Waals surface area (Å²) in [5, 5.41) is 0. The number of carbonyl (C=O) groups is 2. The molecule has 0 radical (unpaired) electrons. The topological polar surface area (TPSA) is 43.4 Å². The van der Waals surface area contributed by atoms with Gasteiger partial charge in [0.15, 0.2) is 0 Å². The quantitative estimate of drug-likeness (QED) is 0.786. The van der Waals surface area contributed by atoms with Crippen LogP contribution in [0.5, 0.6) is 0 Å². The average Bonchev–Trinajstić information content (AvgIpc) is 2.49. The first-order chi connectivity index (χ1) is 10.4. The van der Waals surface area contributed by atoms with Crippen LogP contribution in [0.4, 0.5) is 0 Å². The number of rotatable bonds is 3. The van der Waals surface area contributed by atoms with Gasteiger partial charge in [0.25, 0.3) is 0 Å². The maximum atomic E-state index is 12.6. The number of allylic oxidation sites excluding steroid dienone is 2. The molecule has 0 spiro atoms. The number of Topliss-reactive ketones (excluding diaryl/α,β-unsaturated/α-hetero) is 2. The van der Waals surface area contributed by atoms with E-state index in [1.54, 1.807) is 13.2 Å². The van der Waals surface area contributed by atoms with Gasteiger partial charge in [0, 0.05) is 16.7 Å². The molecule has 0 saturated heterocycles. The highest BCUT2D eigenvalue weighted by atomic mass is 16.5. The Kier molecular flexibility index (Phi) is 3.51. The molecule has 0 atom stereocenters. The van der Waals surface area contributed by atoms with E-state index in [9.17, 15) is 9.59 Å². The molecule has 0 N–H and O–H groups in total. The lowest BCUT2D eigenvalue weighted by atomic mass is 9.80. The predicted molar refractivity (Wildman–Crippen MR) is 86.3 cm³/mol. The van der Waals surface area contributed by atoms with Crippen molar-refractivity contribution in [2.24, 2.45) is 5.92 Å². The van der Waals surface area contributed by atoms with Gasteiger partial charge in [-0.2, -0.15) is 0 Å². The van der Waals surface area contributed by atoms with Crippen LogP contribution < -0.4 is 0 Å². The minimum Gasteiger partial charge on any atom is -0.464 e. The van der Waals surface area contributed by atoms with Crippen LogP contribution in [0.1, 0.15) is 61.2 Å². The number of carbonyl (C=O) groups excluding carboxylic acids is 2. The van der Waals surface area contributed by atoms with Crippen molar-refractivity contribution in [2.75, 3.05) is 0 Å². The molecule has 1 aromatic carbocycles. The molecular weight excluding hydrogens is 276 g/mol. The average molecular weight is 296 g/mol. The molecule has 3 rings (SSSR count). The van der Waals surface area contributed by atoms with Gasteiger partial charge in [-0.05, 0) is 49.3 Å². The molecule has 0 amide bonds. The van der Waals surface area contributed by atoms with Crippen LogP contribution in [0.25, 0.3) is 11.3 Å². The summed E-state index contributed by atoms with van der Waals surface area (Å²) in [5.74, 6) is 0.257. The van der Waals surface area contributed by atoms with Gasteiger partial charge < -0.3 is 4.74 Å². The molecule has 3 heteroatoms. The molecule has 2 aliphatic rings. The number of hydrogen-bond donors (Lipinski definition) is 0. The number of hydrogen-bond acceptors (Lipinski definition) is 3. The highest BCUT2D eigenvalue weighted by molar-refractivity contribution is 6.52. The van der Waals surface area contributed by atoms with E-state index in [2.05, 4.69) is 13.8 Å². The molecule has 3 nitrogen and oxygen atoms in total. The minimum atomic E-state index is -0.446. The maximum absolute atomic E-state index is 12.6. The van der Waals surface area contributed by atoms with Gasteiger partial charge in [0.05, 0.1) is 6.26 Å². The fourth-order valence-corrected chi connectivity index (χ4v) is 3.05. The van der Waals surface area contributed by atoms with Crippen molar-refractivity contribution in [1.82, 2.24) is 0 Å². The molecule has 0 unspecified atom stereocenters. The third kappa shape index (κ3) is 2.12. The Hall–Kier alpha value is -2.16. The van der Waals surface area contributed by atoms with Crippen molar-refractivity contribution in [3.8, 4) is 0 Å². The fourth-order valence-electron chi connectivity index (χ4n) is 3.05. The molecule has 1 aliphatic carbocycles. The summed E-state index contributed by atoms with van der Waals surface area (Å²) in [6.45, 7) is 7.93. The zero-order chi connectivity index (χ0) is 16.0. The van der Waals surface area contributed by atoms with Crippen LogP contribution >= 0.6 is 0 Å². The SMILES string of the molecule is CC1=COC2=C(C)C(=O)C(=O)c3c(CCC(C)C)ccc1c32. The Morgan fingerprint density at radius 3 is 2.45 bits per heavy atom. The lowest BCUT2D eigenvalue weighted by molar-refractivity contribution is -0.111. The predicted octanol–water partition coefficient (Wildman–Crippen LogP) is 4.16. The van der Waals surface area contributed by atoms with Gasteiger partial charge in [0.1, 0.15) is 5.76 Å². The number of aryl methyl sites for hydroxylation is 1. The summed E-state index contributed by atoms with van der Waals surface area (Å²) in [7, 11) is 0. The van der Waals surface area contributed by atoms with Crippen molar-refractivity contribution in [3.63, 3.8) is 0 Å². The first-order valence-electron chi connectivity index (χ1n) is 7.71. The van der Waals surface area contributed by atoms with Crippen LogP contribution in [0, 0.1) is 5.92 Å². The van der Waals surface area contributed by atoms with E-state index in [1.807, 2.05) is 19.1 Å². The summed E-state index contributed by atoms with van der Waals surface area (Å²) < 4.78 is 5.65. The van der Waals surface area contributed by atoms with Gasteiger partial charge in [-0.1, -0.05) is 26.0 Å². The van der Waals surface area contributed by atoms with E-state index < -0.39 is 11.6 Å². The molecule has 114 valence electrons. The Morgan fingerprint density at radius 2 is 1.77 bits per heavy atom. The zero-order valence-corrected chi connectivity index (χ0v) is 13.4. The summed E-state index contributed by atoms with van der Waals surface area (Å²) in [6, 6.07) is 4.03. The van der Waals surface area contributed by atoms with Gasteiger partial charge in [-0.15, -0.1) is 0 Å². The smallest absolute Gasteiger partial charge is 0.234 e. The molecule has 1 heterocycles. The molecule has 1 aliphatic heterocycles. The number of ether oxygens (including phenoxy) is 1. The molecule has 0 bridgehead atoms. The van der Waals surface area contributed by atoms with Gasteiger partial charge >= 0.3 is 0 Å². The lowest BCUT2D eigenvalue weighted by Crippen LogP contribution is -2.27. The van der Waals surface area contributed by atoms with Crippen LogP contribution in [-0.2, 0) is 16.0 Å². The number of benzene rings is 1. The largest absolute Gasteiger partial charge is 0.464 e. The monoisotopic (exact) mass is 296 g/mol. The summed E-state index contributed by atoms with van der Waals surface area (Å²) in [6.07, 6.45) is 3.44.